The van der Waals surface area contributed by atoms with Crippen LogP contribution in [0.2, 0.25) is 0 Å². The molecule has 9 heteroatoms. The van der Waals surface area contributed by atoms with Crippen molar-refractivity contribution in [3.8, 4) is 5.95 Å². The van der Waals surface area contributed by atoms with Crippen LogP contribution in [0.15, 0.2) is 41.6 Å². The maximum Gasteiger partial charge on any atom is 0.271 e. The summed E-state index contributed by atoms with van der Waals surface area (Å²) < 4.78 is 2.97. The molecule has 0 spiro atoms. The van der Waals surface area contributed by atoms with Gasteiger partial charge in [-0.25, -0.2) is 9.36 Å². The molecule has 0 fully saturated rings. The molecule has 2 heterocycles. The van der Waals surface area contributed by atoms with Crippen LogP contribution >= 0.6 is 11.8 Å². The number of nitrogens with one attached hydrogen (secondary N) is 1. The highest BCUT2D eigenvalue weighted by atomic mass is 32.2. The molecule has 0 unspecified atom stereocenters. The first kappa shape index (κ1) is 18.0. The summed E-state index contributed by atoms with van der Waals surface area (Å²) >= 11 is 1.23. The Labute approximate surface area is 155 Å². The van der Waals surface area contributed by atoms with E-state index in [9.17, 15) is 4.79 Å². The van der Waals surface area contributed by atoms with E-state index in [-0.39, 0.29) is 17.7 Å². The minimum Gasteiger partial charge on any atom is -0.349 e. The van der Waals surface area contributed by atoms with Gasteiger partial charge in [-0.1, -0.05) is 42.1 Å². The minimum atomic E-state index is -0.0954. The lowest BCUT2D eigenvalue weighted by atomic mass is 10.1. The van der Waals surface area contributed by atoms with Crippen LogP contribution in [0.4, 0.5) is 0 Å². The normalized spacial score (nSPS) is 12.1. The number of hydrogen-bond acceptors (Lipinski definition) is 6. The van der Waals surface area contributed by atoms with E-state index in [4.69, 9.17) is 5.84 Å². The number of nitrogens with zero attached hydrogens (tertiary/aromatic N) is 5. The highest BCUT2D eigenvalue weighted by Gasteiger charge is 2.16. The number of rotatable bonds is 6. The molecule has 0 aliphatic rings. The zero-order chi connectivity index (χ0) is 18.7. The molecule has 3 aromatic rings. The van der Waals surface area contributed by atoms with Crippen LogP contribution in [0.3, 0.4) is 0 Å². The van der Waals surface area contributed by atoms with Crippen molar-refractivity contribution in [2.45, 2.75) is 32.0 Å². The van der Waals surface area contributed by atoms with Gasteiger partial charge in [-0.3, -0.25) is 4.79 Å². The first-order valence-corrected chi connectivity index (χ1v) is 9.15. The van der Waals surface area contributed by atoms with E-state index in [0.717, 1.165) is 17.0 Å². The maximum absolute atomic E-state index is 12.2. The Morgan fingerprint density at radius 1 is 1.27 bits per heavy atom. The summed E-state index contributed by atoms with van der Waals surface area (Å²) in [6.45, 7) is 5.76. The van der Waals surface area contributed by atoms with Crippen molar-refractivity contribution < 1.29 is 4.79 Å². The second-order valence-corrected chi connectivity index (χ2v) is 6.92. The number of hydrogen-bond donors (Lipinski definition) is 2. The van der Waals surface area contributed by atoms with E-state index in [1.807, 2.05) is 57.2 Å². The van der Waals surface area contributed by atoms with E-state index in [1.165, 1.54) is 16.4 Å². The second-order valence-electron chi connectivity index (χ2n) is 5.98. The molecule has 1 amide bonds. The molecule has 3 N–H and O–H groups in total. The van der Waals surface area contributed by atoms with Crippen molar-refractivity contribution in [1.82, 2.24) is 30.0 Å². The van der Waals surface area contributed by atoms with Gasteiger partial charge in [0.2, 0.25) is 11.1 Å². The SMILES string of the molecule is Cc1cc(C)n(-c2nnc(SCC(=O)N[C@@H](C)c3ccccc3)n2N)n1. The minimum absolute atomic E-state index is 0.0645. The van der Waals surface area contributed by atoms with Crippen LogP contribution in [-0.4, -0.2) is 36.3 Å². The fourth-order valence-corrected chi connectivity index (χ4v) is 3.24. The average molecular weight is 371 g/mol. The van der Waals surface area contributed by atoms with Crippen LogP contribution in [0.25, 0.3) is 5.95 Å². The zero-order valence-electron chi connectivity index (χ0n) is 14.9. The van der Waals surface area contributed by atoms with Gasteiger partial charge >= 0.3 is 0 Å². The lowest BCUT2D eigenvalue weighted by molar-refractivity contribution is -0.119. The van der Waals surface area contributed by atoms with E-state index >= 15 is 0 Å². The number of carbonyl (C=O) groups is 1. The molecule has 136 valence electrons. The standard InChI is InChI=1S/C17H21N7OS/c1-11-9-12(2)24(22-11)16-20-21-17(23(16)18)26-10-15(25)19-13(3)14-7-5-4-6-8-14/h4-9,13H,10,18H2,1-3H3,(H,19,25)/t13-/m0/s1. The van der Waals surface area contributed by atoms with E-state index < -0.39 is 0 Å². The van der Waals surface area contributed by atoms with Crippen molar-refractivity contribution in [2.75, 3.05) is 11.6 Å². The molecular formula is C17H21N7OS. The van der Waals surface area contributed by atoms with Crippen LogP contribution in [0.1, 0.15) is 29.9 Å². The molecule has 0 radical (unpaired) electrons. The summed E-state index contributed by atoms with van der Waals surface area (Å²) in [6.07, 6.45) is 0. The van der Waals surface area contributed by atoms with Gasteiger partial charge in [0.1, 0.15) is 0 Å². The quantitative estimate of drug-likeness (QED) is 0.505. The largest absolute Gasteiger partial charge is 0.349 e. The molecule has 0 aliphatic carbocycles. The van der Waals surface area contributed by atoms with Crippen LogP contribution in [0, 0.1) is 13.8 Å². The molecular weight excluding hydrogens is 350 g/mol. The Morgan fingerprint density at radius 3 is 2.65 bits per heavy atom. The molecule has 26 heavy (non-hydrogen) atoms. The van der Waals surface area contributed by atoms with Crippen LogP contribution in [-0.2, 0) is 4.79 Å². The zero-order valence-corrected chi connectivity index (χ0v) is 15.7. The third kappa shape index (κ3) is 3.88. The number of thioether (sulfide) groups is 1. The summed E-state index contributed by atoms with van der Waals surface area (Å²) in [5.74, 6) is 6.59. The average Bonchev–Trinajstić information content (AvgIpc) is 3.15. The molecule has 0 saturated carbocycles. The van der Waals surface area contributed by atoms with Crippen LogP contribution < -0.4 is 11.2 Å². The van der Waals surface area contributed by atoms with E-state index in [1.54, 1.807) is 4.68 Å². The predicted molar refractivity (Wildman–Crippen MR) is 100 cm³/mol. The number of nitrogen functional groups attached to an aromatic ring is 1. The summed E-state index contributed by atoms with van der Waals surface area (Å²) in [4.78, 5) is 12.2. The molecule has 0 saturated heterocycles. The van der Waals surface area contributed by atoms with Gasteiger partial charge in [0.05, 0.1) is 17.5 Å². The molecule has 0 aliphatic heterocycles. The number of aryl methyl sites for hydroxylation is 2. The number of carbonyl (C=O) groups excluding carboxylic acids is 1. The van der Waals surface area contributed by atoms with Crippen LogP contribution in [0.5, 0.6) is 0 Å². The Bertz CT molecular complexity index is 903. The highest BCUT2D eigenvalue weighted by Crippen LogP contribution is 2.18. The number of nitrogens with two attached hydrogens (primary N) is 1. The Hall–Kier alpha value is -2.81. The number of benzene rings is 1. The van der Waals surface area contributed by atoms with Gasteiger partial charge in [0.25, 0.3) is 5.95 Å². The fraction of sp³-hybridized carbons (Fsp3) is 0.294. The van der Waals surface area contributed by atoms with Crippen molar-refractivity contribution in [1.29, 1.82) is 0 Å². The number of amides is 1. The number of aromatic nitrogens is 5. The second kappa shape index (κ2) is 7.61. The molecule has 1 atom stereocenters. The van der Waals surface area contributed by atoms with Crippen molar-refractivity contribution in [3.63, 3.8) is 0 Å². The summed E-state index contributed by atoms with van der Waals surface area (Å²) in [5, 5.41) is 15.9. The Morgan fingerprint density at radius 2 is 2.00 bits per heavy atom. The van der Waals surface area contributed by atoms with Gasteiger partial charge in [0.15, 0.2) is 0 Å². The van der Waals surface area contributed by atoms with Gasteiger partial charge < -0.3 is 11.2 Å². The maximum atomic E-state index is 12.2. The fourth-order valence-electron chi connectivity index (χ4n) is 2.58. The molecule has 3 rings (SSSR count). The first-order chi connectivity index (χ1) is 12.5. The first-order valence-electron chi connectivity index (χ1n) is 8.17. The molecule has 0 bridgehead atoms. The van der Waals surface area contributed by atoms with Gasteiger partial charge in [-0.05, 0) is 32.4 Å². The lowest BCUT2D eigenvalue weighted by Gasteiger charge is -2.13. The Kier molecular flexibility index (Phi) is 5.27. The third-order valence-corrected chi connectivity index (χ3v) is 4.80. The van der Waals surface area contributed by atoms with Gasteiger partial charge in [-0.2, -0.15) is 5.10 Å². The van der Waals surface area contributed by atoms with Crippen molar-refractivity contribution in [2.24, 2.45) is 0 Å². The van der Waals surface area contributed by atoms with Crippen molar-refractivity contribution >= 4 is 17.7 Å². The topological polar surface area (TPSA) is 104 Å². The molecule has 2 aromatic heterocycles. The molecule has 1 aromatic carbocycles. The smallest absolute Gasteiger partial charge is 0.271 e. The van der Waals surface area contributed by atoms with Gasteiger partial charge in [0, 0.05) is 5.69 Å². The summed E-state index contributed by atoms with van der Waals surface area (Å²) in [7, 11) is 0. The Balaban J connectivity index is 1.62. The highest BCUT2D eigenvalue weighted by molar-refractivity contribution is 7.99. The van der Waals surface area contributed by atoms with E-state index in [2.05, 4.69) is 20.6 Å². The molecule has 8 nitrogen and oxygen atoms in total. The summed E-state index contributed by atoms with van der Waals surface area (Å²) in [6, 6.07) is 11.7. The third-order valence-electron chi connectivity index (χ3n) is 3.86. The van der Waals surface area contributed by atoms with Gasteiger partial charge in [-0.15, -0.1) is 10.2 Å². The monoisotopic (exact) mass is 371 g/mol. The van der Waals surface area contributed by atoms with Crippen molar-refractivity contribution in [3.05, 3.63) is 53.3 Å². The van der Waals surface area contributed by atoms with E-state index in [0.29, 0.717) is 11.1 Å². The summed E-state index contributed by atoms with van der Waals surface area (Å²) in [5.41, 5.74) is 2.83. The predicted octanol–water partition coefficient (Wildman–Crippen LogP) is 1.76. The lowest BCUT2D eigenvalue weighted by Crippen LogP contribution is -2.28.